The highest BCUT2D eigenvalue weighted by Gasteiger charge is 2.25. The molecule has 0 aliphatic rings. The van der Waals surface area contributed by atoms with Gasteiger partial charge in [0.15, 0.2) is 12.4 Å². The summed E-state index contributed by atoms with van der Waals surface area (Å²) >= 11 is 0. The van der Waals surface area contributed by atoms with Gasteiger partial charge in [0.25, 0.3) is 17.5 Å². The Hall–Kier alpha value is -4.47. The van der Waals surface area contributed by atoms with Crippen LogP contribution in [-0.2, 0) is 20.7 Å². The molecular formula is C23H21N3O7. The Labute approximate surface area is 188 Å². The number of aryl methyl sites for hydroxylation is 1. The van der Waals surface area contributed by atoms with Gasteiger partial charge in [-0.2, -0.15) is 0 Å². The Kier molecular flexibility index (Phi) is 7.53. The second-order valence-corrected chi connectivity index (χ2v) is 7.11. The molecule has 10 heteroatoms. The summed E-state index contributed by atoms with van der Waals surface area (Å²) in [6.07, 6.45) is 1.47. The van der Waals surface area contributed by atoms with Crippen molar-refractivity contribution in [3.63, 3.8) is 0 Å². The van der Waals surface area contributed by atoms with Crippen LogP contribution in [-0.4, -0.2) is 35.4 Å². The molecule has 3 rings (SSSR count). The maximum atomic E-state index is 12.7. The van der Waals surface area contributed by atoms with Crippen LogP contribution in [0, 0.1) is 17.0 Å². The van der Waals surface area contributed by atoms with Crippen molar-refractivity contribution in [1.29, 1.82) is 0 Å². The van der Waals surface area contributed by atoms with E-state index in [1.807, 2.05) is 6.07 Å². The molecule has 10 nitrogen and oxygen atoms in total. The van der Waals surface area contributed by atoms with Crippen molar-refractivity contribution in [2.45, 2.75) is 19.4 Å². The first-order valence-corrected chi connectivity index (χ1v) is 9.93. The molecule has 0 fully saturated rings. The standard InChI is InChI=1S/C23H21N3O7/c1-15-9-10-17(13-19(15)26(30)31)24-21(27)14-33-23(29)18(12-16-6-3-2-4-7-16)25-22(28)20-8-5-11-32-20/h2-11,13,18H,12,14H2,1H3,(H,24,27)(H,25,28). The Morgan fingerprint density at radius 2 is 1.85 bits per heavy atom. The number of nitro benzene ring substituents is 1. The molecule has 1 atom stereocenters. The number of carbonyl (C=O) groups excluding carboxylic acids is 3. The van der Waals surface area contributed by atoms with Gasteiger partial charge in [-0.25, -0.2) is 4.79 Å². The molecule has 3 aromatic rings. The van der Waals surface area contributed by atoms with Gasteiger partial charge in [-0.1, -0.05) is 36.4 Å². The Morgan fingerprint density at radius 1 is 1.09 bits per heavy atom. The number of anilines is 1. The first-order chi connectivity index (χ1) is 15.8. The SMILES string of the molecule is Cc1ccc(NC(=O)COC(=O)C(Cc2ccccc2)NC(=O)c2ccco2)cc1[N+](=O)[O-]. The highest BCUT2D eigenvalue weighted by molar-refractivity contribution is 5.96. The van der Waals surface area contributed by atoms with Gasteiger partial charge in [0.05, 0.1) is 11.2 Å². The van der Waals surface area contributed by atoms with E-state index < -0.39 is 35.4 Å². The average Bonchev–Trinajstić information content (AvgIpc) is 3.34. The molecule has 0 aliphatic carbocycles. The smallest absolute Gasteiger partial charge is 0.329 e. The van der Waals surface area contributed by atoms with E-state index in [9.17, 15) is 24.5 Å². The monoisotopic (exact) mass is 451 g/mol. The fourth-order valence-corrected chi connectivity index (χ4v) is 3.00. The summed E-state index contributed by atoms with van der Waals surface area (Å²) in [7, 11) is 0. The fourth-order valence-electron chi connectivity index (χ4n) is 3.00. The van der Waals surface area contributed by atoms with Crippen LogP contribution in [0.4, 0.5) is 11.4 Å². The number of nitro groups is 1. The summed E-state index contributed by atoms with van der Waals surface area (Å²) in [5.41, 5.74) is 1.27. The molecule has 1 unspecified atom stereocenters. The van der Waals surface area contributed by atoms with E-state index in [1.54, 1.807) is 37.3 Å². The highest BCUT2D eigenvalue weighted by Crippen LogP contribution is 2.22. The molecule has 2 aromatic carbocycles. The molecule has 0 bridgehead atoms. The zero-order chi connectivity index (χ0) is 23.8. The van der Waals surface area contributed by atoms with Crippen LogP contribution in [0.15, 0.2) is 71.3 Å². The molecule has 0 spiro atoms. The molecule has 0 aliphatic heterocycles. The first kappa shape index (κ1) is 23.2. The van der Waals surface area contributed by atoms with E-state index in [1.165, 1.54) is 30.5 Å². The van der Waals surface area contributed by atoms with Gasteiger partial charge in [0, 0.05) is 23.7 Å². The predicted octanol–water partition coefficient (Wildman–Crippen LogP) is 3.02. The third-order valence-electron chi connectivity index (χ3n) is 4.65. The average molecular weight is 451 g/mol. The summed E-state index contributed by atoms with van der Waals surface area (Å²) in [6, 6.07) is 15.1. The molecule has 1 heterocycles. The Morgan fingerprint density at radius 3 is 2.52 bits per heavy atom. The maximum Gasteiger partial charge on any atom is 0.329 e. The summed E-state index contributed by atoms with van der Waals surface area (Å²) < 4.78 is 10.1. The summed E-state index contributed by atoms with van der Waals surface area (Å²) in [6.45, 7) is 0.942. The van der Waals surface area contributed by atoms with Crippen molar-refractivity contribution >= 4 is 29.2 Å². The van der Waals surface area contributed by atoms with Crippen LogP contribution >= 0.6 is 0 Å². The minimum atomic E-state index is -1.07. The number of furan rings is 1. The van der Waals surface area contributed by atoms with Crippen LogP contribution < -0.4 is 10.6 Å². The van der Waals surface area contributed by atoms with E-state index in [0.717, 1.165) is 5.56 Å². The molecular weight excluding hydrogens is 430 g/mol. The van der Waals surface area contributed by atoms with E-state index >= 15 is 0 Å². The Bertz CT molecular complexity index is 1140. The lowest BCUT2D eigenvalue weighted by Crippen LogP contribution is -2.44. The number of nitrogens with one attached hydrogen (secondary N) is 2. The number of carbonyl (C=O) groups is 3. The van der Waals surface area contributed by atoms with Crippen molar-refractivity contribution < 1.29 is 28.5 Å². The minimum absolute atomic E-state index is 0.0274. The molecule has 170 valence electrons. The number of benzene rings is 2. The van der Waals surface area contributed by atoms with Crippen LogP contribution in [0.3, 0.4) is 0 Å². The van der Waals surface area contributed by atoms with E-state index in [-0.39, 0.29) is 23.6 Å². The van der Waals surface area contributed by atoms with Gasteiger partial charge >= 0.3 is 5.97 Å². The van der Waals surface area contributed by atoms with Crippen molar-refractivity contribution in [1.82, 2.24) is 5.32 Å². The zero-order valence-electron chi connectivity index (χ0n) is 17.6. The number of hydrogen-bond donors (Lipinski definition) is 2. The highest BCUT2D eigenvalue weighted by atomic mass is 16.6. The second-order valence-electron chi connectivity index (χ2n) is 7.11. The molecule has 0 saturated carbocycles. The quantitative estimate of drug-likeness (QED) is 0.289. The molecule has 1 aromatic heterocycles. The third kappa shape index (κ3) is 6.50. The topological polar surface area (TPSA) is 141 Å². The minimum Gasteiger partial charge on any atom is -0.459 e. The van der Waals surface area contributed by atoms with Gasteiger partial charge in [0.1, 0.15) is 6.04 Å². The molecule has 0 saturated heterocycles. The lowest BCUT2D eigenvalue weighted by atomic mass is 10.1. The van der Waals surface area contributed by atoms with E-state index in [4.69, 9.17) is 9.15 Å². The number of esters is 1. The number of rotatable bonds is 9. The number of amides is 2. The van der Waals surface area contributed by atoms with Crippen LogP contribution in [0.25, 0.3) is 0 Å². The van der Waals surface area contributed by atoms with Crippen LogP contribution in [0.1, 0.15) is 21.7 Å². The molecule has 2 N–H and O–H groups in total. The van der Waals surface area contributed by atoms with Gasteiger partial charge < -0.3 is 19.8 Å². The molecule has 0 radical (unpaired) electrons. The summed E-state index contributed by atoms with van der Waals surface area (Å²) in [5, 5.41) is 16.1. The first-order valence-electron chi connectivity index (χ1n) is 9.93. The maximum absolute atomic E-state index is 12.7. The largest absolute Gasteiger partial charge is 0.459 e. The lowest BCUT2D eigenvalue weighted by molar-refractivity contribution is -0.385. The number of nitrogens with zero attached hydrogens (tertiary/aromatic N) is 1. The van der Waals surface area contributed by atoms with E-state index in [0.29, 0.717) is 5.56 Å². The van der Waals surface area contributed by atoms with Gasteiger partial charge in [-0.15, -0.1) is 0 Å². The fraction of sp³-hybridized carbons (Fsp3) is 0.174. The second kappa shape index (κ2) is 10.7. The van der Waals surface area contributed by atoms with Crippen LogP contribution in [0.5, 0.6) is 0 Å². The number of hydrogen-bond acceptors (Lipinski definition) is 7. The molecule has 2 amide bonds. The normalized spacial score (nSPS) is 11.3. The third-order valence-corrected chi connectivity index (χ3v) is 4.65. The molecule has 33 heavy (non-hydrogen) atoms. The van der Waals surface area contributed by atoms with Crippen molar-refractivity contribution in [3.05, 3.63) is 93.9 Å². The summed E-state index contributed by atoms with van der Waals surface area (Å²) in [5.74, 6) is -2.07. The van der Waals surface area contributed by atoms with E-state index in [2.05, 4.69) is 10.6 Å². The lowest BCUT2D eigenvalue weighted by Gasteiger charge is -2.17. The van der Waals surface area contributed by atoms with Crippen LogP contribution in [0.2, 0.25) is 0 Å². The van der Waals surface area contributed by atoms with Gasteiger partial charge in [-0.3, -0.25) is 19.7 Å². The van der Waals surface area contributed by atoms with Crippen molar-refractivity contribution in [2.24, 2.45) is 0 Å². The van der Waals surface area contributed by atoms with Gasteiger partial charge in [0.2, 0.25) is 0 Å². The Balaban J connectivity index is 1.63. The number of ether oxygens (including phenoxy) is 1. The van der Waals surface area contributed by atoms with Crippen molar-refractivity contribution in [3.8, 4) is 0 Å². The van der Waals surface area contributed by atoms with Gasteiger partial charge in [-0.05, 0) is 30.7 Å². The van der Waals surface area contributed by atoms with Crippen molar-refractivity contribution in [2.75, 3.05) is 11.9 Å². The zero-order valence-corrected chi connectivity index (χ0v) is 17.6. The predicted molar refractivity (Wildman–Crippen MR) is 118 cm³/mol. The summed E-state index contributed by atoms with van der Waals surface area (Å²) in [4.78, 5) is 47.7.